The zero-order valence-electron chi connectivity index (χ0n) is 17.3. The minimum absolute atomic E-state index is 0.0260. The van der Waals surface area contributed by atoms with Crippen molar-refractivity contribution in [2.24, 2.45) is 16.0 Å². The molecule has 158 valence electrons. The van der Waals surface area contributed by atoms with Gasteiger partial charge < -0.3 is 0 Å². The Morgan fingerprint density at radius 1 is 1.13 bits per heavy atom. The SMILES string of the molecule is O=C(CSC1=NCCS1)N1N=C2C(=Cc3ccccc3)CCCC2C1c1ccccc1. The van der Waals surface area contributed by atoms with Crippen molar-refractivity contribution in [3.05, 3.63) is 77.4 Å². The van der Waals surface area contributed by atoms with E-state index in [1.807, 2.05) is 12.1 Å². The van der Waals surface area contributed by atoms with Crippen LogP contribution in [-0.2, 0) is 4.79 Å². The van der Waals surface area contributed by atoms with Gasteiger partial charge in [-0.2, -0.15) is 5.10 Å². The average Bonchev–Trinajstić information content (AvgIpc) is 3.47. The van der Waals surface area contributed by atoms with Crippen LogP contribution in [0.3, 0.4) is 0 Å². The molecule has 0 saturated heterocycles. The van der Waals surface area contributed by atoms with E-state index in [-0.39, 0.29) is 17.9 Å². The van der Waals surface area contributed by atoms with Crippen molar-refractivity contribution < 1.29 is 4.79 Å². The average molecular weight is 448 g/mol. The number of hydrogen-bond acceptors (Lipinski definition) is 5. The summed E-state index contributed by atoms with van der Waals surface area (Å²) in [5, 5.41) is 6.73. The minimum atomic E-state index is -0.0260. The van der Waals surface area contributed by atoms with Crippen LogP contribution in [0.1, 0.15) is 36.4 Å². The summed E-state index contributed by atoms with van der Waals surface area (Å²) in [5.74, 6) is 1.72. The Morgan fingerprint density at radius 2 is 1.90 bits per heavy atom. The predicted molar refractivity (Wildman–Crippen MR) is 132 cm³/mol. The number of thioether (sulfide) groups is 2. The summed E-state index contributed by atoms with van der Waals surface area (Å²) >= 11 is 3.29. The molecular weight excluding hydrogens is 422 g/mol. The number of benzene rings is 2. The Balaban J connectivity index is 1.46. The molecule has 2 aromatic rings. The normalized spacial score (nSPS) is 24.1. The van der Waals surface area contributed by atoms with Gasteiger partial charge in [-0.15, -0.1) is 0 Å². The Labute approximate surface area is 191 Å². The van der Waals surface area contributed by atoms with Crippen molar-refractivity contribution in [2.45, 2.75) is 25.3 Å². The molecule has 0 bridgehead atoms. The van der Waals surface area contributed by atoms with Gasteiger partial charge in [0.05, 0.1) is 24.1 Å². The third-order valence-corrected chi connectivity index (χ3v) is 8.15. The number of rotatable bonds is 4. The Morgan fingerprint density at radius 3 is 2.65 bits per heavy atom. The molecule has 1 amide bonds. The molecule has 31 heavy (non-hydrogen) atoms. The van der Waals surface area contributed by atoms with E-state index in [1.165, 1.54) is 11.1 Å². The Kier molecular flexibility index (Phi) is 6.27. The predicted octanol–water partition coefficient (Wildman–Crippen LogP) is 5.65. The number of amides is 1. The lowest BCUT2D eigenvalue weighted by Crippen LogP contribution is -2.33. The molecule has 2 aromatic carbocycles. The molecule has 2 aliphatic heterocycles. The molecule has 2 heterocycles. The first-order chi connectivity index (χ1) is 15.3. The maximum atomic E-state index is 13.3. The molecule has 2 unspecified atom stereocenters. The molecule has 2 atom stereocenters. The summed E-state index contributed by atoms with van der Waals surface area (Å²) in [7, 11) is 0. The minimum Gasteiger partial charge on any atom is -0.272 e. The number of hydrazone groups is 1. The topological polar surface area (TPSA) is 45.0 Å². The highest BCUT2D eigenvalue weighted by atomic mass is 32.2. The van der Waals surface area contributed by atoms with Crippen LogP contribution in [0.4, 0.5) is 0 Å². The number of allylic oxidation sites excluding steroid dienone is 1. The van der Waals surface area contributed by atoms with E-state index in [1.54, 1.807) is 28.5 Å². The lowest BCUT2D eigenvalue weighted by molar-refractivity contribution is -0.130. The molecule has 1 fully saturated rings. The lowest BCUT2D eigenvalue weighted by Gasteiger charge is -2.29. The maximum Gasteiger partial charge on any atom is 0.253 e. The van der Waals surface area contributed by atoms with E-state index >= 15 is 0 Å². The van der Waals surface area contributed by atoms with Gasteiger partial charge in [-0.05, 0) is 42.0 Å². The zero-order valence-corrected chi connectivity index (χ0v) is 18.9. The van der Waals surface area contributed by atoms with Gasteiger partial charge in [0.25, 0.3) is 5.91 Å². The van der Waals surface area contributed by atoms with E-state index in [4.69, 9.17) is 5.10 Å². The fourth-order valence-electron chi connectivity index (χ4n) is 4.53. The lowest BCUT2D eigenvalue weighted by atomic mass is 9.77. The molecule has 6 heteroatoms. The Hall–Kier alpha value is -2.31. The first kappa shape index (κ1) is 20.6. The standard InChI is InChI=1S/C25H25N3OS2/c29-22(17-31-25-26-14-15-30-25)28-24(19-10-5-2-6-11-19)21-13-7-12-20(23(21)27-28)16-18-8-3-1-4-9-18/h1-6,8-11,16,21,24H,7,12-15,17H2. The van der Waals surface area contributed by atoms with Gasteiger partial charge in [0.1, 0.15) is 4.38 Å². The number of nitrogens with zero attached hydrogens (tertiary/aromatic N) is 3. The van der Waals surface area contributed by atoms with Crippen LogP contribution in [-0.4, -0.2) is 39.1 Å². The molecule has 0 aromatic heterocycles. The van der Waals surface area contributed by atoms with Crippen LogP contribution in [0.15, 0.2) is 76.3 Å². The highest BCUT2D eigenvalue weighted by molar-refractivity contribution is 8.39. The van der Waals surface area contributed by atoms with Crippen molar-refractivity contribution in [2.75, 3.05) is 18.1 Å². The summed E-state index contributed by atoms with van der Waals surface area (Å²) in [6.45, 7) is 0.857. The number of hydrogen-bond donors (Lipinski definition) is 0. The second-order valence-corrected chi connectivity index (χ2v) is 10.2. The van der Waals surface area contributed by atoms with E-state index in [2.05, 4.69) is 59.6 Å². The van der Waals surface area contributed by atoms with Gasteiger partial charge in [0.15, 0.2) is 0 Å². The molecule has 4 nitrogen and oxygen atoms in total. The fourth-order valence-corrected chi connectivity index (χ4v) is 6.40. The van der Waals surface area contributed by atoms with Gasteiger partial charge in [-0.3, -0.25) is 9.79 Å². The van der Waals surface area contributed by atoms with Gasteiger partial charge in [-0.25, -0.2) is 5.01 Å². The van der Waals surface area contributed by atoms with Crippen LogP contribution in [0.5, 0.6) is 0 Å². The molecular formula is C25H25N3OS2. The second-order valence-electron chi connectivity index (χ2n) is 7.94. The summed E-state index contributed by atoms with van der Waals surface area (Å²) < 4.78 is 1.03. The first-order valence-electron chi connectivity index (χ1n) is 10.8. The fraction of sp³-hybridized carbons (Fsp3) is 0.320. The van der Waals surface area contributed by atoms with Crippen molar-refractivity contribution in [3.8, 4) is 0 Å². The third kappa shape index (κ3) is 4.51. The summed E-state index contributed by atoms with van der Waals surface area (Å²) in [5.41, 5.74) is 4.71. The van der Waals surface area contributed by atoms with Crippen molar-refractivity contribution >= 4 is 45.6 Å². The molecule has 1 aliphatic carbocycles. The summed E-state index contributed by atoms with van der Waals surface area (Å²) in [6.07, 6.45) is 5.44. The van der Waals surface area contributed by atoms with Crippen molar-refractivity contribution in [1.82, 2.24) is 5.01 Å². The molecule has 5 rings (SSSR count). The van der Waals surface area contributed by atoms with Crippen LogP contribution in [0.25, 0.3) is 6.08 Å². The second kappa shape index (κ2) is 9.45. The number of aliphatic imine (C=N–C) groups is 1. The summed E-state index contributed by atoms with van der Waals surface area (Å²) in [6, 6.07) is 20.8. The Bertz CT molecular complexity index is 1030. The van der Waals surface area contributed by atoms with Gasteiger partial charge in [-0.1, -0.05) is 84.2 Å². The molecule has 0 spiro atoms. The smallest absolute Gasteiger partial charge is 0.253 e. The number of carbonyl (C=O) groups excluding carboxylic acids is 1. The number of carbonyl (C=O) groups is 1. The van der Waals surface area contributed by atoms with E-state index in [9.17, 15) is 4.79 Å². The summed E-state index contributed by atoms with van der Waals surface area (Å²) in [4.78, 5) is 17.8. The van der Waals surface area contributed by atoms with Crippen LogP contribution in [0, 0.1) is 5.92 Å². The van der Waals surface area contributed by atoms with E-state index in [0.29, 0.717) is 5.75 Å². The van der Waals surface area contributed by atoms with Crippen molar-refractivity contribution in [3.63, 3.8) is 0 Å². The molecule has 1 saturated carbocycles. The van der Waals surface area contributed by atoms with Crippen LogP contribution in [0.2, 0.25) is 0 Å². The monoisotopic (exact) mass is 447 g/mol. The van der Waals surface area contributed by atoms with E-state index < -0.39 is 0 Å². The third-order valence-electron chi connectivity index (χ3n) is 5.92. The van der Waals surface area contributed by atoms with Gasteiger partial charge >= 0.3 is 0 Å². The van der Waals surface area contributed by atoms with Gasteiger partial charge in [0.2, 0.25) is 0 Å². The first-order valence-corrected chi connectivity index (χ1v) is 12.8. The largest absolute Gasteiger partial charge is 0.272 e. The van der Waals surface area contributed by atoms with E-state index in [0.717, 1.165) is 47.2 Å². The molecule has 0 radical (unpaired) electrons. The zero-order chi connectivity index (χ0) is 21.0. The van der Waals surface area contributed by atoms with Gasteiger partial charge in [0, 0.05) is 11.7 Å². The highest BCUT2D eigenvalue weighted by Crippen LogP contribution is 2.44. The quantitative estimate of drug-likeness (QED) is 0.609. The van der Waals surface area contributed by atoms with Crippen LogP contribution >= 0.6 is 23.5 Å². The highest BCUT2D eigenvalue weighted by Gasteiger charge is 2.43. The number of fused-ring (bicyclic) bond motifs is 1. The molecule has 3 aliphatic rings. The molecule has 0 N–H and O–H groups in total. The van der Waals surface area contributed by atoms with Crippen LogP contribution < -0.4 is 0 Å². The maximum absolute atomic E-state index is 13.3. The van der Waals surface area contributed by atoms with Crippen molar-refractivity contribution in [1.29, 1.82) is 0 Å².